The molecule has 0 fully saturated rings. The monoisotopic (exact) mass is 285 g/mol. The van der Waals surface area contributed by atoms with Crippen molar-refractivity contribution < 1.29 is 4.79 Å². The van der Waals surface area contributed by atoms with Gasteiger partial charge in [-0.1, -0.05) is 23.2 Å². The molecule has 0 bridgehead atoms. The molecule has 0 spiro atoms. The molecule has 2 rings (SSSR count). The maximum absolute atomic E-state index is 12.0. The normalized spacial score (nSPS) is 12.2. The highest BCUT2D eigenvalue weighted by molar-refractivity contribution is 6.34. The third-order valence-corrected chi connectivity index (χ3v) is 2.70. The van der Waals surface area contributed by atoms with E-state index >= 15 is 0 Å². The molecule has 2 aromatic rings. The summed E-state index contributed by atoms with van der Waals surface area (Å²) in [5.74, 6) is 0.258. The minimum Gasteiger partial charge on any atom is -0.347 e. The van der Waals surface area contributed by atoms with Crippen LogP contribution in [-0.2, 0) is 0 Å². The van der Waals surface area contributed by atoms with Gasteiger partial charge in [0.05, 0.1) is 11.6 Å². The van der Waals surface area contributed by atoms with Gasteiger partial charge in [0.2, 0.25) is 0 Å². The number of carbonyl (C=O) groups is 1. The Morgan fingerprint density at radius 3 is 2.89 bits per heavy atom. The van der Waals surface area contributed by atoms with Crippen LogP contribution in [0, 0.1) is 0 Å². The Bertz CT molecular complexity index is 557. The van der Waals surface area contributed by atoms with Gasteiger partial charge in [0, 0.05) is 12.4 Å². The van der Waals surface area contributed by atoms with E-state index in [1.807, 2.05) is 0 Å². The van der Waals surface area contributed by atoms with Crippen molar-refractivity contribution in [2.75, 3.05) is 0 Å². The lowest BCUT2D eigenvalue weighted by Gasteiger charge is -2.11. The van der Waals surface area contributed by atoms with E-state index in [-0.39, 0.29) is 27.8 Å². The van der Waals surface area contributed by atoms with Gasteiger partial charge in [-0.15, -0.1) is 10.2 Å². The van der Waals surface area contributed by atoms with Crippen LogP contribution >= 0.6 is 23.2 Å². The number of hydrogen-bond donors (Lipinski definition) is 2. The molecule has 2 aromatic heterocycles. The summed E-state index contributed by atoms with van der Waals surface area (Å²) in [6, 6.07) is 1.08. The zero-order valence-electron chi connectivity index (χ0n) is 9.32. The van der Waals surface area contributed by atoms with Crippen molar-refractivity contribution >= 4 is 29.1 Å². The summed E-state index contributed by atoms with van der Waals surface area (Å²) in [6.45, 7) is 1.79. The van der Waals surface area contributed by atoms with Gasteiger partial charge >= 0.3 is 0 Å². The summed E-state index contributed by atoms with van der Waals surface area (Å²) in [5, 5.41) is 9.94. The number of halogens is 2. The van der Waals surface area contributed by atoms with Gasteiger partial charge in [-0.3, -0.25) is 4.79 Å². The summed E-state index contributed by atoms with van der Waals surface area (Å²) in [4.78, 5) is 18.9. The van der Waals surface area contributed by atoms with E-state index < -0.39 is 0 Å². The van der Waals surface area contributed by atoms with Crippen molar-refractivity contribution in [3.05, 3.63) is 40.2 Å². The zero-order valence-corrected chi connectivity index (χ0v) is 10.8. The Morgan fingerprint density at radius 1 is 1.44 bits per heavy atom. The molecule has 94 valence electrons. The number of amides is 1. The van der Waals surface area contributed by atoms with Gasteiger partial charge < -0.3 is 10.3 Å². The number of aromatic amines is 1. The third kappa shape index (κ3) is 2.77. The largest absolute Gasteiger partial charge is 0.347 e. The highest BCUT2D eigenvalue weighted by Gasteiger charge is 2.17. The molecule has 0 aliphatic carbocycles. The van der Waals surface area contributed by atoms with Crippen molar-refractivity contribution in [3.63, 3.8) is 0 Å². The second-order valence-electron chi connectivity index (χ2n) is 3.54. The van der Waals surface area contributed by atoms with Crippen LogP contribution in [0.2, 0.25) is 10.3 Å². The number of hydrogen-bond acceptors (Lipinski definition) is 4. The Hall–Kier alpha value is -1.66. The minimum absolute atomic E-state index is 0.00328. The summed E-state index contributed by atoms with van der Waals surface area (Å²) in [6.07, 6.45) is 3.28. The van der Waals surface area contributed by atoms with Crippen LogP contribution in [0.5, 0.6) is 0 Å². The van der Waals surface area contributed by atoms with Crippen molar-refractivity contribution in [3.8, 4) is 0 Å². The summed E-state index contributed by atoms with van der Waals surface area (Å²) >= 11 is 11.4. The number of nitrogens with one attached hydrogen (secondary N) is 2. The summed E-state index contributed by atoms with van der Waals surface area (Å²) < 4.78 is 0. The molecule has 8 heteroatoms. The van der Waals surface area contributed by atoms with Crippen LogP contribution in [0.1, 0.15) is 29.1 Å². The van der Waals surface area contributed by atoms with Gasteiger partial charge in [0.25, 0.3) is 5.91 Å². The molecule has 0 aromatic carbocycles. The topological polar surface area (TPSA) is 83.6 Å². The Labute approximate surface area is 113 Å². The second kappa shape index (κ2) is 5.32. The zero-order chi connectivity index (χ0) is 13.1. The Morgan fingerprint density at radius 2 is 2.22 bits per heavy atom. The van der Waals surface area contributed by atoms with E-state index in [1.54, 1.807) is 19.3 Å². The van der Waals surface area contributed by atoms with Crippen molar-refractivity contribution in [2.24, 2.45) is 0 Å². The average molecular weight is 286 g/mol. The first-order valence-corrected chi connectivity index (χ1v) is 5.82. The molecule has 0 radical (unpaired) electrons. The van der Waals surface area contributed by atoms with Gasteiger partial charge in [-0.05, 0) is 13.0 Å². The maximum Gasteiger partial charge on any atom is 0.255 e. The molecule has 0 saturated carbocycles. The molecule has 18 heavy (non-hydrogen) atoms. The number of imidazole rings is 1. The van der Waals surface area contributed by atoms with Gasteiger partial charge in [-0.2, -0.15) is 0 Å². The number of rotatable bonds is 3. The Kier molecular flexibility index (Phi) is 3.78. The van der Waals surface area contributed by atoms with Gasteiger partial charge in [0.1, 0.15) is 5.82 Å². The fourth-order valence-corrected chi connectivity index (χ4v) is 1.69. The van der Waals surface area contributed by atoms with E-state index in [9.17, 15) is 4.79 Å². The molecule has 0 aliphatic rings. The highest BCUT2D eigenvalue weighted by atomic mass is 35.5. The van der Waals surface area contributed by atoms with Crippen LogP contribution in [0.15, 0.2) is 18.5 Å². The van der Waals surface area contributed by atoms with Crippen molar-refractivity contribution in [1.82, 2.24) is 25.5 Å². The fraction of sp³-hybridized carbons (Fsp3) is 0.200. The predicted octanol–water partition coefficient (Wildman–Crippen LogP) is 2.00. The van der Waals surface area contributed by atoms with Crippen molar-refractivity contribution in [1.29, 1.82) is 0 Å². The van der Waals surface area contributed by atoms with E-state index in [1.165, 1.54) is 6.07 Å². The third-order valence-electron chi connectivity index (χ3n) is 2.24. The van der Waals surface area contributed by atoms with Crippen LogP contribution < -0.4 is 5.32 Å². The van der Waals surface area contributed by atoms with Gasteiger partial charge in [-0.25, -0.2) is 4.98 Å². The molecule has 2 heterocycles. The first-order chi connectivity index (χ1) is 8.58. The van der Waals surface area contributed by atoms with E-state index in [2.05, 4.69) is 25.5 Å². The molecule has 6 nitrogen and oxygen atoms in total. The summed E-state index contributed by atoms with van der Waals surface area (Å²) in [7, 11) is 0. The van der Waals surface area contributed by atoms with Crippen molar-refractivity contribution in [2.45, 2.75) is 13.0 Å². The van der Waals surface area contributed by atoms with Crippen LogP contribution in [0.4, 0.5) is 0 Å². The van der Waals surface area contributed by atoms with Gasteiger partial charge in [0.15, 0.2) is 10.3 Å². The second-order valence-corrected chi connectivity index (χ2v) is 4.29. The molecular formula is C10H9Cl2N5O. The highest BCUT2D eigenvalue weighted by Crippen LogP contribution is 2.16. The maximum atomic E-state index is 12.0. The molecule has 1 unspecified atom stereocenters. The molecule has 0 aliphatic heterocycles. The lowest BCUT2D eigenvalue weighted by molar-refractivity contribution is 0.0938. The number of nitrogens with zero attached hydrogens (tertiary/aromatic N) is 3. The lowest BCUT2D eigenvalue weighted by atomic mass is 10.2. The first-order valence-electron chi connectivity index (χ1n) is 5.07. The van der Waals surface area contributed by atoms with E-state index in [0.717, 1.165) is 0 Å². The first kappa shape index (κ1) is 12.8. The summed E-state index contributed by atoms with van der Waals surface area (Å²) in [5.41, 5.74) is 0.176. The quantitative estimate of drug-likeness (QED) is 0.903. The van der Waals surface area contributed by atoms with E-state index in [0.29, 0.717) is 5.82 Å². The molecular weight excluding hydrogens is 277 g/mol. The number of carbonyl (C=O) groups excluding carboxylic acids is 1. The van der Waals surface area contributed by atoms with Crippen LogP contribution in [-0.4, -0.2) is 26.1 Å². The smallest absolute Gasteiger partial charge is 0.255 e. The molecule has 2 N–H and O–H groups in total. The number of H-pyrrole nitrogens is 1. The average Bonchev–Trinajstić information content (AvgIpc) is 2.85. The van der Waals surface area contributed by atoms with E-state index in [4.69, 9.17) is 23.2 Å². The molecule has 0 saturated heterocycles. The minimum atomic E-state index is -0.388. The standard InChI is InChI=1S/C10H9Cl2N5O/c1-5(9-13-2-3-14-9)15-10(18)6-4-7(11)16-17-8(6)12/h2-5H,1H3,(H,13,14)(H,15,18). The lowest BCUT2D eigenvalue weighted by Crippen LogP contribution is -2.27. The molecule has 1 amide bonds. The van der Waals surface area contributed by atoms with Crippen LogP contribution in [0.3, 0.4) is 0 Å². The SMILES string of the molecule is CC(NC(=O)c1cc(Cl)nnc1Cl)c1ncc[nH]1. The fourth-order valence-electron chi connectivity index (χ4n) is 1.37. The molecule has 1 atom stereocenters. The Balaban J connectivity index is 2.15. The predicted molar refractivity (Wildman–Crippen MR) is 66.5 cm³/mol. The number of aromatic nitrogens is 4. The van der Waals surface area contributed by atoms with Crippen LogP contribution in [0.25, 0.3) is 0 Å².